The van der Waals surface area contributed by atoms with Crippen LogP contribution in [0.4, 0.5) is 0 Å². The van der Waals surface area contributed by atoms with Gasteiger partial charge in [-0.25, -0.2) is 0 Å². The molecule has 1 aliphatic rings. The molecule has 1 unspecified atom stereocenters. The Morgan fingerprint density at radius 1 is 1.12 bits per heavy atom. The molecule has 0 saturated carbocycles. The highest BCUT2D eigenvalue weighted by Gasteiger charge is 2.24. The van der Waals surface area contributed by atoms with Crippen LogP contribution in [0.3, 0.4) is 0 Å². The van der Waals surface area contributed by atoms with Crippen molar-refractivity contribution < 1.29 is 0 Å². The average molecular weight is 232 g/mol. The number of benzene rings is 1. The van der Waals surface area contributed by atoms with Crippen molar-refractivity contribution in [3.8, 4) is 0 Å². The van der Waals surface area contributed by atoms with E-state index in [0.29, 0.717) is 6.04 Å². The van der Waals surface area contributed by atoms with Crippen LogP contribution in [0, 0.1) is 0 Å². The van der Waals surface area contributed by atoms with Crippen molar-refractivity contribution in [1.29, 1.82) is 0 Å². The van der Waals surface area contributed by atoms with Crippen LogP contribution < -0.4 is 10.6 Å². The van der Waals surface area contributed by atoms with Crippen molar-refractivity contribution in [2.75, 3.05) is 13.1 Å². The van der Waals surface area contributed by atoms with Crippen LogP contribution in [0.5, 0.6) is 0 Å². The highest BCUT2D eigenvalue weighted by Crippen LogP contribution is 2.22. The fraction of sp³-hybridized carbons (Fsp3) is 0.600. The van der Waals surface area contributed by atoms with E-state index in [0.717, 1.165) is 6.54 Å². The summed E-state index contributed by atoms with van der Waals surface area (Å²) in [5, 5.41) is 7.27. The Morgan fingerprint density at radius 3 is 2.65 bits per heavy atom. The van der Waals surface area contributed by atoms with Crippen LogP contribution in [0.15, 0.2) is 30.3 Å². The van der Waals surface area contributed by atoms with E-state index >= 15 is 0 Å². The molecule has 0 aromatic heterocycles. The maximum Gasteiger partial charge on any atom is 0.0379 e. The molecule has 2 heteroatoms. The first kappa shape index (κ1) is 12.6. The van der Waals surface area contributed by atoms with Crippen LogP contribution in [0.1, 0.15) is 38.7 Å². The van der Waals surface area contributed by atoms with Crippen molar-refractivity contribution in [3.05, 3.63) is 35.9 Å². The minimum atomic E-state index is 0.0657. The van der Waals surface area contributed by atoms with E-state index in [4.69, 9.17) is 0 Å². The maximum absolute atomic E-state index is 3.81. The van der Waals surface area contributed by atoms with E-state index in [2.05, 4.69) is 54.8 Å². The van der Waals surface area contributed by atoms with Crippen LogP contribution in [-0.4, -0.2) is 19.1 Å². The summed E-state index contributed by atoms with van der Waals surface area (Å²) in [6.07, 6.45) is 3.79. The van der Waals surface area contributed by atoms with E-state index in [-0.39, 0.29) is 5.54 Å². The fourth-order valence-electron chi connectivity index (χ4n) is 2.61. The number of hydrogen-bond acceptors (Lipinski definition) is 2. The molecule has 1 fully saturated rings. The smallest absolute Gasteiger partial charge is 0.0379 e. The third-order valence-corrected chi connectivity index (χ3v) is 3.64. The molecule has 17 heavy (non-hydrogen) atoms. The minimum absolute atomic E-state index is 0.0657. The first-order valence-corrected chi connectivity index (χ1v) is 6.72. The van der Waals surface area contributed by atoms with Gasteiger partial charge in [-0.2, -0.15) is 0 Å². The fourth-order valence-corrected chi connectivity index (χ4v) is 2.61. The van der Waals surface area contributed by atoms with Crippen LogP contribution in [0.2, 0.25) is 0 Å². The molecular formula is C15H24N2. The Morgan fingerprint density at radius 2 is 1.88 bits per heavy atom. The third kappa shape index (κ3) is 3.55. The summed E-state index contributed by atoms with van der Waals surface area (Å²) in [5.41, 5.74) is 1.44. The van der Waals surface area contributed by atoms with Gasteiger partial charge in [-0.1, -0.05) is 30.3 Å². The maximum atomic E-state index is 3.81. The number of nitrogens with one attached hydrogen (secondary N) is 2. The monoisotopic (exact) mass is 232 g/mol. The molecule has 2 nitrogen and oxygen atoms in total. The first-order chi connectivity index (χ1) is 8.18. The predicted molar refractivity (Wildman–Crippen MR) is 73.1 cm³/mol. The van der Waals surface area contributed by atoms with E-state index in [1.165, 1.54) is 31.4 Å². The normalized spacial score (nSPS) is 22.1. The summed E-state index contributed by atoms with van der Waals surface area (Å²) in [7, 11) is 0. The highest BCUT2D eigenvalue weighted by molar-refractivity contribution is 5.22. The molecule has 0 bridgehead atoms. The molecule has 0 aliphatic carbocycles. The topological polar surface area (TPSA) is 24.1 Å². The van der Waals surface area contributed by atoms with Gasteiger partial charge in [0.25, 0.3) is 0 Å². The second kappa shape index (κ2) is 5.65. The molecule has 0 amide bonds. The van der Waals surface area contributed by atoms with E-state index < -0.39 is 0 Å². The SMILES string of the molecule is CC(C)(NC1CCCNCC1)c1ccccc1. The highest BCUT2D eigenvalue weighted by atomic mass is 15.0. The van der Waals surface area contributed by atoms with Gasteiger partial charge in [-0.15, -0.1) is 0 Å². The molecule has 2 N–H and O–H groups in total. The Kier molecular flexibility index (Phi) is 4.19. The average Bonchev–Trinajstić information content (AvgIpc) is 2.58. The lowest BCUT2D eigenvalue weighted by atomic mass is 9.92. The van der Waals surface area contributed by atoms with Crippen molar-refractivity contribution in [2.45, 2.75) is 44.7 Å². The van der Waals surface area contributed by atoms with Crippen molar-refractivity contribution in [3.63, 3.8) is 0 Å². The zero-order chi connectivity index (χ0) is 12.1. The molecule has 0 spiro atoms. The van der Waals surface area contributed by atoms with Crippen molar-refractivity contribution in [1.82, 2.24) is 10.6 Å². The lowest BCUT2D eigenvalue weighted by Gasteiger charge is -2.32. The predicted octanol–water partition coefficient (Wildman–Crippen LogP) is 2.65. The van der Waals surface area contributed by atoms with Crippen molar-refractivity contribution in [2.24, 2.45) is 0 Å². The second-order valence-electron chi connectivity index (χ2n) is 5.51. The summed E-state index contributed by atoms with van der Waals surface area (Å²) in [4.78, 5) is 0. The lowest BCUT2D eigenvalue weighted by molar-refractivity contribution is 0.322. The summed E-state index contributed by atoms with van der Waals surface area (Å²) >= 11 is 0. The van der Waals surface area contributed by atoms with E-state index in [1.54, 1.807) is 0 Å². The van der Waals surface area contributed by atoms with Gasteiger partial charge in [-0.3, -0.25) is 0 Å². The molecule has 2 rings (SSSR count). The summed E-state index contributed by atoms with van der Waals surface area (Å²) < 4.78 is 0. The molecule has 1 heterocycles. The largest absolute Gasteiger partial charge is 0.317 e. The summed E-state index contributed by atoms with van der Waals surface area (Å²) in [6.45, 7) is 6.87. The second-order valence-corrected chi connectivity index (χ2v) is 5.51. The van der Waals surface area contributed by atoms with Gasteiger partial charge in [0.15, 0.2) is 0 Å². The molecule has 94 valence electrons. The van der Waals surface area contributed by atoms with Gasteiger partial charge in [0.1, 0.15) is 0 Å². The molecule has 1 aromatic carbocycles. The van der Waals surface area contributed by atoms with Gasteiger partial charge < -0.3 is 10.6 Å². The Labute approximate surface area is 105 Å². The van der Waals surface area contributed by atoms with Crippen LogP contribution in [-0.2, 0) is 5.54 Å². The van der Waals surface area contributed by atoms with Gasteiger partial charge in [-0.05, 0) is 51.8 Å². The molecular weight excluding hydrogens is 208 g/mol. The zero-order valence-electron chi connectivity index (χ0n) is 11.0. The Balaban J connectivity index is 2.01. The molecule has 1 aromatic rings. The van der Waals surface area contributed by atoms with E-state index in [9.17, 15) is 0 Å². The van der Waals surface area contributed by atoms with Crippen molar-refractivity contribution >= 4 is 0 Å². The van der Waals surface area contributed by atoms with Gasteiger partial charge in [0, 0.05) is 11.6 Å². The quantitative estimate of drug-likeness (QED) is 0.837. The zero-order valence-corrected chi connectivity index (χ0v) is 11.0. The van der Waals surface area contributed by atoms with Crippen LogP contribution in [0.25, 0.3) is 0 Å². The third-order valence-electron chi connectivity index (χ3n) is 3.64. The van der Waals surface area contributed by atoms with Crippen LogP contribution >= 0.6 is 0 Å². The number of rotatable bonds is 3. The number of hydrogen-bond donors (Lipinski definition) is 2. The first-order valence-electron chi connectivity index (χ1n) is 6.72. The van der Waals surface area contributed by atoms with E-state index in [1.807, 2.05) is 0 Å². The lowest BCUT2D eigenvalue weighted by Crippen LogP contribution is -2.44. The van der Waals surface area contributed by atoms with Gasteiger partial charge in [0.2, 0.25) is 0 Å². The standard InChI is InChI=1S/C15H24N2/c1-15(2,13-7-4-3-5-8-13)17-14-9-6-11-16-12-10-14/h3-5,7-8,14,16-17H,6,9-12H2,1-2H3. The van der Waals surface area contributed by atoms with Gasteiger partial charge in [0.05, 0.1) is 0 Å². The Bertz CT molecular complexity index is 324. The minimum Gasteiger partial charge on any atom is -0.317 e. The van der Waals surface area contributed by atoms with Gasteiger partial charge >= 0.3 is 0 Å². The summed E-state index contributed by atoms with van der Waals surface area (Å²) in [5.74, 6) is 0. The molecule has 1 saturated heterocycles. The molecule has 1 aliphatic heterocycles. The summed E-state index contributed by atoms with van der Waals surface area (Å²) in [6, 6.07) is 11.4. The Hall–Kier alpha value is -0.860. The molecule has 1 atom stereocenters. The molecule has 0 radical (unpaired) electrons.